The van der Waals surface area contributed by atoms with E-state index in [2.05, 4.69) is 22.9 Å². The second-order valence-electron chi connectivity index (χ2n) is 8.34. The van der Waals surface area contributed by atoms with Gasteiger partial charge >= 0.3 is 0 Å². The number of nitrogens with two attached hydrogens (primary N) is 1. The number of anilines is 1. The van der Waals surface area contributed by atoms with Crippen LogP contribution in [-0.4, -0.2) is 12.4 Å². The van der Waals surface area contributed by atoms with Gasteiger partial charge in [0.05, 0.1) is 6.61 Å². The molecule has 32 heavy (non-hydrogen) atoms. The minimum atomic E-state index is 0.121. The average molecular weight is 505 g/mol. The van der Waals surface area contributed by atoms with Gasteiger partial charge in [0.2, 0.25) is 0 Å². The molecule has 2 aromatic carbocycles. The number of halogens is 1. The zero-order valence-corrected chi connectivity index (χ0v) is 21.7. The third-order valence-corrected chi connectivity index (χ3v) is 6.11. The Bertz CT molecular complexity index is 733. The molecule has 0 unspecified atom stereocenters. The molecule has 0 bridgehead atoms. The number of Topliss-reactive ketones (excluding diaryl/α,β-unsaturated/α-hetero) is 1. The highest BCUT2D eigenvalue weighted by Gasteiger charge is 1.99. The van der Waals surface area contributed by atoms with Gasteiger partial charge < -0.3 is 10.5 Å². The molecule has 0 fully saturated rings. The second-order valence-corrected chi connectivity index (χ2v) is 9.20. The minimum absolute atomic E-state index is 0.121. The lowest BCUT2D eigenvalue weighted by Crippen LogP contribution is -1.98. The summed E-state index contributed by atoms with van der Waals surface area (Å²) in [5.74, 6) is 1.02. The van der Waals surface area contributed by atoms with Crippen molar-refractivity contribution in [1.29, 1.82) is 0 Å². The molecule has 2 aromatic rings. The molecule has 0 saturated heterocycles. The van der Waals surface area contributed by atoms with Crippen molar-refractivity contribution >= 4 is 27.4 Å². The molecule has 0 aromatic heterocycles. The van der Waals surface area contributed by atoms with Crippen LogP contribution >= 0.6 is 15.9 Å². The Kier molecular flexibility index (Phi) is 16.5. The predicted molar refractivity (Wildman–Crippen MR) is 142 cm³/mol. The number of ether oxygens (including phenoxy) is 1. The van der Waals surface area contributed by atoms with Gasteiger partial charge in [0.15, 0.2) is 5.78 Å². The first kappa shape index (κ1) is 28.2. The van der Waals surface area contributed by atoms with Gasteiger partial charge in [0.1, 0.15) is 5.75 Å². The summed E-state index contributed by atoms with van der Waals surface area (Å²) in [5, 5.41) is 0. The summed E-state index contributed by atoms with van der Waals surface area (Å²) < 4.78 is 6.66. The molecular weight excluding hydrogens is 462 g/mol. The van der Waals surface area contributed by atoms with E-state index in [9.17, 15) is 4.79 Å². The third-order valence-electron chi connectivity index (χ3n) is 5.42. The van der Waals surface area contributed by atoms with Crippen LogP contribution in [-0.2, 0) is 0 Å². The molecule has 178 valence electrons. The van der Waals surface area contributed by atoms with E-state index in [0.29, 0.717) is 0 Å². The number of nitrogen functional groups attached to an aromatic ring is 1. The summed E-state index contributed by atoms with van der Waals surface area (Å²) in [6.07, 6.45) is 16.4. The molecular formula is C28H42BrNO2. The van der Waals surface area contributed by atoms with E-state index in [0.717, 1.165) is 34.5 Å². The number of carbonyl (C=O) groups excluding carboxylic acids is 1. The summed E-state index contributed by atoms with van der Waals surface area (Å²) >= 11 is 3.42. The number of rotatable bonds is 15. The van der Waals surface area contributed by atoms with Gasteiger partial charge in [-0.1, -0.05) is 108 Å². The minimum Gasteiger partial charge on any atom is -0.494 e. The lowest BCUT2D eigenvalue weighted by molar-refractivity contribution is 0.101. The molecule has 0 aliphatic carbocycles. The second kappa shape index (κ2) is 18.7. The zero-order chi connectivity index (χ0) is 23.4. The van der Waals surface area contributed by atoms with Crippen LogP contribution in [0.15, 0.2) is 53.0 Å². The van der Waals surface area contributed by atoms with Crippen molar-refractivity contribution < 1.29 is 9.53 Å². The number of ketones is 1. The van der Waals surface area contributed by atoms with Crippen LogP contribution in [0.3, 0.4) is 0 Å². The lowest BCUT2D eigenvalue weighted by atomic mass is 10.1. The number of carbonyl (C=O) groups is 1. The molecule has 0 aliphatic heterocycles. The van der Waals surface area contributed by atoms with Crippen molar-refractivity contribution in [1.82, 2.24) is 0 Å². The molecule has 0 heterocycles. The van der Waals surface area contributed by atoms with Crippen molar-refractivity contribution in [2.75, 3.05) is 12.3 Å². The Morgan fingerprint density at radius 2 is 1.34 bits per heavy atom. The smallest absolute Gasteiger partial charge is 0.159 e. The van der Waals surface area contributed by atoms with Gasteiger partial charge in [0.25, 0.3) is 0 Å². The maximum atomic E-state index is 10.6. The molecule has 0 amide bonds. The molecule has 0 atom stereocenters. The van der Waals surface area contributed by atoms with Crippen LogP contribution < -0.4 is 10.5 Å². The normalized spacial score (nSPS) is 10.3. The van der Waals surface area contributed by atoms with Gasteiger partial charge in [-0.25, -0.2) is 0 Å². The highest BCUT2D eigenvalue weighted by Crippen LogP contribution is 2.24. The maximum Gasteiger partial charge on any atom is 0.159 e. The molecule has 0 aliphatic rings. The van der Waals surface area contributed by atoms with Crippen LogP contribution in [0.4, 0.5) is 5.69 Å². The topological polar surface area (TPSA) is 52.3 Å². The third kappa shape index (κ3) is 14.3. The summed E-state index contributed by atoms with van der Waals surface area (Å²) in [6, 6.07) is 15.0. The highest BCUT2D eigenvalue weighted by atomic mass is 79.9. The average Bonchev–Trinajstić information content (AvgIpc) is 2.80. The Labute approximate surface area is 204 Å². The van der Waals surface area contributed by atoms with Crippen molar-refractivity contribution in [2.45, 2.75) is 90.9 Å². The molecule has 3 nitrogen and oxygen atoms in total. The van der Waals surface area contributed by atoms with Crippen molar-refractivity contribution in [3.8, 4) is 5.75 Å². The summed E-state index contributed by atoms with van der Waals surface area (Å²) in [6.45, 7) is 4.64. The quantitative estimate of drug-likeness (QED) is 0.150. The molecule has 4 heteroatoms. The van der Waals surface area contributed by atoms with Crippen LogP contribution in [0.25, 0.3) is 0 Å². The first-order chi connectivity index (χ1) is 15.5. The summed E-state index contributed by atoms with van der Waals surface area (Å²) in [7, 11) is 0. The zero-order valence-electron chi connectivity index (χ0n) is 20.1. The van der Waals surface area contributed by atoms with E-state index in [1.807, 2.05) is 48.5 Å². The van der Waals surface area contributed by atoms with Gasteiger partial charge in [-0.15, -0.1) is 0 Å². The molecule has 0 spiro atoms. The first-order valence-electron chi connectivity index (χ1n) is 12.3. The first-order valence-corrected chi connectivity index (χ1v) is 13.1. The van der Waals surface area contributed by atoms with Gasteiger partial charge in [-0.05, 0) is 47.5 Å². The Morgan fingerprint density at radius 3 is 1.81 bits per heavy atom. The Balaban J connectivity index is 0.000000471. The van der Waals surface area contributed by atoms with E-state index in [4.69, 9.17) is 10.5 Å². The number of hydrogen-bond acceptors (Lipinski definition) is 3. The molecule has 2 N–H and O–H groups in total. The van der Waals surface area contributed by atoms with Gasteiger partial charge in [-0.3, -0.25) is 4.79 Å². The van der Waals surface area contributed by atoms with Crippen molar-refractivity contribution in [3.63, 3.8) is 0 Å². The van der Waals surface area contributed by atoms with E-state index >= 15 is 0 Å². The van der Waals surface area contributed by atoms with Crippen molar-refractivity contribution in [3.05, 3.63) is 58.6 Å². The predicted octanol–water partition coefficient (Wildman–Crippen LogP) is 9.00. The van der Waals surface area contributed by atoms with E-state index in [-0.39, 0.29) is 5.78 Å². The molecule has 2 rings (SSSR count). The number of unbranched alkanes of at least 4 members (excludes halogenated alkanes) is 11. The van der Waals surface area contributed by atoms with Crippen LogP contribution in [0.1, 0.15) is 101 Å². The maximum absolute atomic E-state index is 10.6. The fraction of sp³-hybridized carbons (Fsp3) is 0.536. The standard InChI is InChI=1S/C20H34BrNO.C8H8O/c1-2-3-4-5-6-7-8-9-10-11-12-13-16-23-18-14-15-20(22)19(21)17-18;1-7(9)8-5-3-2-4-6-8/h14-15,17H,2-13,16,22H2,1H3;2-6H,1H3. The molecule has 0 saturated carbocycles. The van der Waals surface area contributed by atoms with Crippen LogP contribution in [0.2, 0.25) is 0 Å². The monoisotopic (exact) mass is 503 g/mol. The Morgan fingerprint density at radius 1 is 0.812 bits per heavy atom. The Hall–Kier alpha value is -1.81. The highest BCUT2D eigenvalue weighted by molar-refractivity contribution is 9.10. The van der Waals surface area contributed by atoms with E-state index in [1.165, 1.54) is 70.6 Å². The summed E-state index contributed by atoms with van der Waals surface area (Å²) in [4.78, 5) is 10.6. The van der Waals surface area contributed by atoms with Crippen LogP contribution in [0.5, 0.6) is 5.75 Å². The lowest BCUT2D eigenvalue weighted by Gasteiger charge is -2.07. The van der Waals surface area contributed by atoms with Crippen LogP contribution in [0, 0.1) is 0 Å². The number of benzene rings is 2. The summed E-state index contributed by atoms with van der Waals surface area (Å²) in [5.41, 5.74) is 7.29. The fourth-order valence-corrected chi connectivity index (χ4v) is 3.76. The van der Waals surface area contributed by atoms with E-state index in [1.54, 1.807) is 6.92 Å². The van der Waals surface area contributed by atoms with E-state index < -0.39 is 0 Å². The van der Waals surface area contributed by atoms with Crippen molar-refractivity contribution in [2.24, 2.45) is 0 Å². The molecule has 0 radical (unpaired) electrons. The SMILES string of the molecule is CC(=O)c1ccccc1.CCCCCCCCCCCCCCOc1ccc(N)c(Br)c1. The number of hydrogen-bond donors (Lipinski definition) is 1. The largest absolute Gasteiger partial charge is 0.494 e. The van der Waals surface area contributed by atoms with Gasteiger partial charge in [-0.2, -0.15) is 0 Å². The fourth-order valence-electron chi connectivity index (χ4n) is 3.40. The van der Waals surface area contributed by atoms with Gasteiger partial charge in [0, 0.05) is 15.7 Å².